The number of aromatic nitrogens is 2. The van der Waals surface area contributed by atoms with E-state index < -0.39 is 0 Å². The average molecular weight is 544 g/mol. The second-order valence-electron chi connectivity index (χ2n) is 10.5. The molecule has 8 rings (SSSR count). The van der Waals surface area contributed by atoms with Crippen molar-refractivity contribution >= 4 is 44.8 Å². The van der Waals surface area contributed by atoms with Crippen molar-refractivity contribution in [3.8, 4) is 17.2 Å². The largest absolute Gasteiger partial charge is 0.457 e. The summed E-state index contributed by atoms with van der Waals surface area (Å²) in [6.07, 6.45) is 0.813. The zero-order valence-corrected chi connectivity index (χ0v) is 22.8. The van der Waals surface area contributed by atoms with Crippen molar-refractivity contribution in [2.45, 2.75) is 6.42 Å². The molecule has 42 heavy (non-hydrogen) atoms. The van der Waals surface area contributed by atoms with Gasteiger partial charge in [-0.15, -0.1) is 4.57 Å². The number of rotatable bonds is 5. The first-order valence-electron chi connectivity index (χ1n) is 14.1. The maximum absolute atomic E-state index is 6.41. The van der Waals surface area contributed by atoms with Gasteiger partial charge in [-0.2, -0.15) is 0 Å². The Bertz CT molecular complexity index is 2080. The van der Waals surface area contributed by atoms with Gasteiger partial charge >= 0.3 is 0 Å². The van der Waals surface area contributed by atoms with Gasteiger partial charge in [0.15, 0.2) is 0 Å². The number of hydrogen-bond acceptors (Lipinski definition) is 4. The van der Waals surface area contributed by atoms with E-state index in [1.807, 2.05) is 54.6 Å². The summed E-state index contributed by atoms with van der Waals surface area (Å²) in [6.45, 7) is 0. The quantitative estimate of drug-likeness (QED) is 0.168. The lowest BCUT2D eigenvalue weighted by atomic mass is 9.99. The number of hydrogen-bond donors (Lipinski definition) is 2. The van der Waals surface area contributed by atoms with Crippen molar-refractivity contribution in [3.05, 3.63) is 151 Å². The summed E-state index contributed by atoms with van der Waals surface area (Å²) in [5.41, 5.74) is 11.1. The Kier molecular flexibility index (Phi) is 5.78. The van der Waals surface area contributed by atoms with E-state index in [0.717, 1.165) is 74.0 Å². The van der Waals surface area contributed by atoms with E-state index in [9.17, 15) is 0 Å². The highest BCUT2D eigenvalue weighted by molar-refractivity contribution is 5.92. The molecule has 0 fully saturated rings. The van der Waals surface area contributed by atoms with Crippen LogP contribution in [0.5, 0.6) is 11.5 Å². The molecule has 0 atom stereocenters. The van der Waals surface area contributed by atoms with Crippen molar-refractivity contribution in [2.24, 2.45) is 0 Å². The Morgan fingerprint density at radius 3 is 1.81 bits per heavy atom. The lowest BCUT2D eigenvalue weighted by molar-refractivity contribution is -0.538. The normalized spacial score (nSPS) is 11.9. The zero-order chi connectivity index (χ0) is 27.9. The Hall–Kier alpha value is -5.68. The first kappa shape index (κ1) is 24.1. The Balaban J connectivity index is 1.38. The molecule has 0 bridgehead atoms. The van der Waals surface area contributed by atoms with E-state index in [1.54, 1.807) is 0 Å². The van der Waals surface area contributed by atoms with Gasteiger partial charge in [0.05, 0.1) is 17.4 Å². The molecule has 2 heterocycles. The molecule has 5 heteroatoms. The van der Waals surface area contributed by atoms with Crippen LogP contribution in [-0.4, -0.2) is 4.98 Å². The van der Waals surface area contributed by atoms with Gasteiger partial charge in [0.25, 0.3) is 0 Å². The predicted molar refractivity (Wildman–Crippen MR) is 170 cm³/mol. The highest BCUT2D eigenvalue weighted by Gasteiger charge is 2.26. The van der Waals surface area contributed by atoms with E-state index in [0.29, 0.717) is 0 Å². The molecule has 0 amide bonds. The second kappa shape index (κ2) is 10.1. The molecule has 0 spiro atoms. The van der Waals surface area contributed by atoms with Gasteiger partial charge in [0.2, 0.25) is 16.7 Å². The number of ether oxygens (including phenoxy) is 1. The number of anilines is 4. The summed E-state index contributed by atoms with van der Waals surface area (Å²) in [7, 11) is 0. The highest BCUT2D eigenvalue weighted by Crippen LogP contribution is 2.39. The molecule has 1 aromatic heterocycles. The second-order valence-corrected chi connectivity index (χ2v) is 10.5. The highest BCUT2D eigenvalue weighted by atomic mass is 16.5. The van der Waals surface area contributed by atoms with Crippen LogP contribution >= 0.6 is 0 Å². The molecular formula is C37H27N4O+. The minimum absolute atomic E-state index is 0.813. The van der Waals surface area contributed by atoms with Crippen molar-refractivity contribution in [1.82, 2.24) is 4.98 Å². The molecule has 0 aliphatic carbocycles. The van der Waals surface area contributed by atoms with Crippen LogP contribution in [0.25, 0.3) is 27.8 Å². The fourth-order valence-electron chi connectivity index (χ4n) is 5.70. The maximum atomic E-state index is 6.41. The third kappa shape index (κ3) is 4.38. The molecule has 0 saturated heterocycles. The predicted octanol–water partition coefficient (Wildman–Crippen LogP) is 8.85. The van der Waals surface area contributed by atoms with Gasteiger partial charge in [-0.25, -0.2) is 4.98 Å². The number of nitrogens with one attached hydrogen (secondary N) is 2. The number of benzene rings is 6. The van der Waals surface area contributed by atoms with E-state index in [-0.39, 0.29) is 0 Å². The zero-order valence-electron chi connectivity index (χ0n) is 22.8. The van der Waals surface area contributed by atoms with Crippen LogP contribution in [0.3, 0.4) is 0 Å². The van der Waals surface area contributed by atoms with Gasteiger partial charge in [0.1, 0.15) is 22.5 Å². The molecule has 7 aromatic rings. The van der Waals surface area contributed by atoms with Gasteiger partial charge in [0, 0.05) is 41.6 Å². The van der Waals surface area contributed by atoms with E-state index >= 15 is 0 Å². The monoisotopic (exact) mass is 543 g/mol. The lowest BCUT2D eigenvalue weighted by Crippen LogP contribution is -2.33. The van der Waals surface area contributed by atoms with Crippen LogP contribution in [0, 0.1) is 0 Å². The Labute approximate surface area is 243 Å². The third-order valence-corrected chi connectivity index (χ3v) is 7.69. The van der Waals surface area contributed by atoms with Gasteiger partial charge in [-0.3, -0.25) is 0 Å². The molecule has 1 aliphatic heterocycles. The summed E-state index contributed by atoms with van der Waals surface area (Å²) in [5, 5.41) is 7.27. The van der Waals surface area contributed by atoms with Crippen molar-refractivity contribution in [3.63, 3.8) is 0 Å². The standard InChI is InChI=1S/C37H26N4O/c1-4-13-27(14-5-1)38-30-22-33-34(23-31(30)39-28-15-6-2-7-16-28)41(29-17-8-3-9-18-29)35-24-37-26(21-32(35)40-33)20-25-12-10-11-19-36(25)42-37/h1-19,21-24H,20H2,(H,38,40)/p+1. The number of fused-ring (bicyclic) bond motifs is 4. The summed E-state index contributed by atoms with van der Waals surface area (Å²) in [4.78, 5) is 5.23. The van der Waals surface area contributed by atoms with E-state index in [2.05, 4.69) is 100 Å². The molecule has 6 aromatic carbocycles. The Morgan fingerprint density at radius 2 is 1.10 bits per heavy atom. The fourth-order valence-corrected chi connectivity index (χ4v) is 5.70. The Morgan fingerprint density at radius 1 is 0.524 bits per heavy atom. The van der Waals surface area contributed by atoms with Crippen LogP contribution in [-0.2, 0) is 6.42 Å². The van der Waals surface area contributed by atoms with Crippen LogP contribution in [0.1, 0.15) is 11.1 Å². The summed E-state index contributed by atoms with van der Waals surface area (Å²) in [6, 6.07) is 47.8. The minimum Gasteiger partial charge on any atom is -0.457 e. The van der Waals surface area contributed by atoms with E-state index in [1.165, 1.54) is 5.56 Å². The molecule has 1 aliphatic rings. The SMILES string of the molecule is c1ccc(Nc2cc3nc4cc5c(cc4[n+](-c4ccccc4)c3cc2Nc2ccccc2)Oc2ccccc2C5)cc1. The molecule has 5 nitrogen and oxygen atoms in total. The van der Waals surface area contributed by atoms with Crippen molar-refractivity contribution in [1.29, 1.82) is 0 Å². The molecule has 0 saturated carbocycles. The first-order valence-corrected chi connectivity index (χ1v) is 14.1. The summed E-state index contributed by atoms with van der Waals surface area (Å²) >= 11 is 0. The summed E-state index contributed by atoms with van der Waals surface area (Å²) < 4.78 is 8.70. The average Bonchev–Trinajstić information content (AvgIpc) is 3.03. The fraction of sp³-hybridized carbons (Fsp3) is 0.0270. The molecule has 2 N–H and O–H groups in total. The molecular weight excluding hydrogens is 516 g/mol. The van der Waals surface area contributed by atoms with Gasteiger partial charge in [-0.05, 0) is 48.0 Å². The summed E-state index contributed by atoms with van der Waals surface area (Å²) in [5.74, 6) is 1.78. The number of para-hydroxylation sites is 4. The smallest absolute Gasteiger partial charge is 0.241 e. The van der Waals surface area contributed by atoms with Crippen LogP contribution < -0.4 is 19.9 Å². The maximum Gasteiger partial charge on any atom is 0.241 e. The van der Waals surface area contributed by atoms with Gasteiger partial charge in [-0.1, -0.05) is 72.8 Å². The van der Waals surface area contributed by atoms with Gasteiger partial charge < -0.3 is 15.4 Å². The first-order chi connectivity index (χ1) is 20.8. The topological polar surface area (TPSA) is 50.1 Å². The third-order valence-electron chi connectivity index (χ3n) is 7.69. The number of nitrogens with zero attached hydrogens (tertiary/aromatic N) is 2. The van der Waals surface area contributed by atoms with Crippen LogP contribution in [0.4, 0.5) is 22.7 Å². The van der Waals surface area contributed by atoms with Crippen LogP contribution in [0.15, 0.2) is 140 Å². The minimum atomic E-state index is 0.813. The molecule has 200 valence electrons. The lowest BCUT2D eigenvalue weighted by Gasteiger charge is -2.20. The van der Waals surface area contributed by atoms with Crippen LogP contribution in [0.2, 0.25) is 0 Å². The van der Waals surface area contributed by atoms with Crippen molar-refractivity contribution in [2.75, 3.05) is 10.6 Å². The van der Waals surface area contributed by atoms with Crippen molar-refractivity contribution < 1.29 is 9.30 Å². The molecule has 0 radical (unpaired) electrons. The molecule has 0 unspecified atom stereocenters. The van der Waals surface area contributed by atoms with E-state index in [4.69, 9.17) is 9.72 Å².